The molecule has 108 valence electrons. The summed E-state index contributed by atoms with van der Waals surface area (Å²) in [4.78, 5) is 16.3. The fourth-order valence-corrected chi connectivity index (χ4v) is 2.70. The van der Waals surface area contributed by atoms with E-state index in [4.69, 9.17) is 10.2 Å². The first-order valence-corrected chi connectivity index (χ1v) is 7.11. The van der Waals surface area contributed by atoms with Gasteiger partial charge < -0.3 is 20.4 Å². The molecule has 1 fully saturated rings. The van der Waals surface area contributed by atoms with Crippen LogP contribution in [0.4, 0.5) is 11.4 Å². The first kappa shape index (κ1) is 13.1. The van der Waals surface area contributed by atoms with Crippen LogP contribution in [0.5, 0.6) is 0 Å². The molecule has 0 amide bonds. The number of hydrogen-bond acceptors (Lipinski definition) is 5. The minimum absolute atomic E-state index is 0.453. The molecular weight excluding hydrogens is 256 g/mol. The summed E-state index contributed by atoms with van der Waals surface area (Å²) < 4.78 is 4.97. The summed E-state index contributed by atoms with van der Waals surface area (Å²) in [6.45, 7) is 4.45. The number of nitrogens with one attached hydrogen (secondary N) is 2. The highest BCUT2D eigenvalue weighted by atomic mass is 16.4. The van der Waals surface area contributed by atoms with Crippen molar-refractivity contribution in [2.24, 2.45) is 0 Å². The number of rotatable bonds is 5. The predicted octanol–water partition coefficient (Wildman–Crippen LogP) is 1.60. The number of aromatic nitrogens is 1. The number of fused-ring (bicyclic) bond motifs is 1. The Morgan fingerprint density at radius 3 is 2.95 bits per heavy atom. The SMILES string of the molecule is Nc1cc2oc(=O)[nH]c2cc1NCCCN1CCCC1. The smallest absolute Gasteiger partial charge is 0.408 e. The Kier molecular flexibility index (Phi) is 3.64. The van der Waals surface area contributed by atoms with E-state index in [1.807, 2.05) is 6.07 Å². The van der Waals surface area contributed by atoms with Gasteiger partial charge in [0, 0.05) is 12.6 Å². The Labute approximate surface area is 116 Å². The van der Waals surface area contributed by atoms with Gasteiger partial charge in [-0.3, -0.25) is 4.98 Å². The molecule has 0 atom stereocenters. The molecule has 1 saturated heterocycles. The van der Waals surface area contributed by atoms with Gasteiger partial charge in [-0.1, -0.05) is 0 Å². The van der Waals surface area contributed by atoms with Crippen LogP contribution in [0.15, 0.2) is 21.3 Å². The molecule has 6 heteroatoms. The lowest BCUT2D eigenvalue weighted by atomic mass is 10.2. The van der Waals surface area contributed by atoms with Gasteiger partial charge in [0.15, 0.2) is 5.58 Å². The number of hydrogen-bond donors (Lipinski definition) is 3. The first-order chi connectivity index (χ1) is 9.72. The lowest BCUT2D eigenvalue weighted by molar-refractivity contribution is 0.337. The van der Waals surface area contributed by atoms with Gasteiger partial charge in [0.2, 0.25) is 0 Å². The van der Waals surface area contributed by atoms with Crippen LogP contribution in [0.3, 0.4) is 0 Å². The van der Waals surface area contributed by atoms with Gasteiger partial charge in [-0.2, -0.15) is 0 Å². The molecule has 0 radical (unpaired) electrons. The van der Waals surface area contributed by atoms with E-state index in [1.165, 1.54) is 25.9 Å². The molecule has 0 saturated carbocycles. The van der Waals surface area contributed by atoms with E-state index in [-0.39, 0.29) is 0 Å². The third-order valence-corrected chi connectivity index (χ3v) is 3.76. The number of nitrogens with zero attached hydrogens (tertiary/aromatic N) is 1. The molecule has 0 spiro atoms. The summed E-state index contributed by atoms with van der Waals surface area (Å²) in [5.41, 5.74) is 8.56. The minimum atomic E-state index is -0.453. The second-order valence-electron chi connectivity index (χ2n) is 5.28. The fraction of sp³-hybridized carbons (Fsp3) is 0.500. The Morgan fingerprint density at radius 1 is 1.35 bits per heavy atom. The van der Waals surface area contributed by atoms with Crippen molar-refractivity contribution in [1.82, 2.24) is 9.88 Å². The zero-order valence-corrected chi connectivity index (χ0v) is 11.4. The van der Waals surface area contributed by atoms with Crippen LogP contribution in [0.25, 0.3) is 11.1 Å². The summed E-state index contributed by atoms with van der Waals surface area (Å²) in [6, 6.07) is 3.50. The van der Waals surface area contributed by atoms with E-state index in [0.717, 1.165) is 25.2 Å². The average Bonchev–Trinajstić information content (AvgIpc) is 3.03. The van der Waals surface area contributed by atoms with Crippen molar-refractivity contribution in [2.75, 3.05) is 37.2 Å². The summed E-state index contributed by atoms with van der Waals surface area (Å²) in [5, 5.41) is 3.32. The molecule has 0 bridgehead atoms. The molecular formula is C14H20N4O2. The van der Waals surface area contributed by atoms with E-state index < -0.39 is 5.76 Å². The Balaban J connectivity index is 1.58. The molecule has 3 rings (SSSR count). The maximum absolute atomic E-state index is 11.1. The molecule has 2 aromatic rings. The Hall–Kier alpha value is -1.95. The molecule has 1 aliphatic rings. The molecule has 1 aromatic carbocycles. The first-order valence-electron chi connectivity index (χ1n) is 7.11. The highest BCUT2D eigenvalue weighted by molar-refractivity contribution is 5.85. The standard InChI is InChI=1S/C14H20N4O2/c15-10-8-13-12(17-14(19)20-13)9-11(10)16-4-3-7-18-5-1-2-6-18/h8-9,16H,1-7,15H2,(H,17,19). The average molecular weight is 276 g/mol. The minimum Gasteiger partial charge on any atom is -0.408 e. The molecule has 4 N–H and O–H groups in total. The van der Waals surface area contributed by atoms with Crippen LogP contribution in [-0.2, 0) is 0 Å². The van der Waals surface area contributed by atoms with Crippen LogP contribution in [-0.4, -0.2) is 36.1 Å². The third-order valence-electron chi connectivity index (χ3n) is 3.76. The van der Waals surface area contributed by atoms with E-state index in [1.54, 1.807) is 6.07 Å². The zero-order valence-electron chi connectivity index (χ0n) is 11.4. The highest BCUT2D eigenvalue weighted by Crippen LogP contribution is 2.24. The van der Waals surface area contributed by atoms with Crippen molar-refractivity contribution in [2.45, 2.75) is 19.3 Å². The maximum Gasteiger partial charge on any atom is 0.417 e. The largest absolute Gasteiger partial charge is 0.417 e. The second kappa shape index (κ2) is 5.58. The molecule has 2 heterocycles. The quantitative estimate of drug-likeness (QED) is 0.570. The molecule has 0 unspecified atom stereocenters. The zero-order chi connectivity index (χ0) is 13.9. The van der Waals surface area contributed by atoms with E-state index in [2.05, 4.69) is 15.2 Å². The predicted molar refractivity (Wildman–Crippen MR) is 80.0 cm³/mol. The van der Waals surface area contributed by atoms with Crippen LogP contribution >= 0.6 is 0 Å². The highest BCUT2D eigenvalue weighted by Gasteiger charge is 2.10. The molecule has 0 aliphatic carbocycles. The van der Waals surface area contributed by atoms with E-state index in [9.17, 15) is 4.79 Å². The van der Waals surface area contributed by atoms with E-state index in [0.29, 0.717) is 16.8 Å². The molecule has 1 aliphatic heterocycles. The van der Waals surface area contributed by atoms with Crippen LogP contribution in [0.2, 0.25) is 0 Å². The molecule has 6 nitrogen and oxygen atoms in total. The monoisotopic (exact) mass is 276 g/mol. The van der Waals surface area contributed by atoms with Crippen molar-refractivity contribution in [1.29, 1.82) is 0 Å². The third kappa shape index (κ3) is 2.80. The van der Waals surface area contributed by atoms with Crippen molar-refractivity contribution in [3.8, 4) is 0 Å². The Morgan fingerprint density at radius 2 is 2.15 bits per heavy atom. The van der Waals surface area contributed by atoms with Gasteiger partial charge in [0.25, 0.3) is 0 Å². The maximum atomic E-state index is 11.1. The number of anilines is 2. The van der Waals surface area contributed by atoms with Crippen LogP contribution in [0.1, 0.15) is 19.3 Å². The number of nitrogen functional groups attached to an aromatic ring is 1. The van der Waals surface area contributed by atoms with Gasteiger partial charge in [0.05, 0.1) is 16.9 Å². The number of H-pyrrole nitrogens is 1. The van der Waals surface area contributed by atoms with Crippen molar-refractivity contribution in [3.05, 3.63) is 22.7 Å². The van der Waals surface area contributed by atoms with Crippen LogP contribution in [0, 0.1) is 0 Å². The number of likely N-dealkylation sites (tertiary alicyclic amines) is 1. The van der Waals surface area contributed by atoms with Gasteiger partial charge >= 0.3 is 5.76 Å². The number of oxazole rings is 1. The van der Waals surface area contributed by atoms with Crippen molar-refractivity contribution < 1.29 is 4.42 Å². The van der Waals surface area contributed by atoms with Gasteiger partial charge in [0.1, 0.15) is 0 Å². The van der Waals surface area contributed by atoms with Crippen molar-refractivity contribution in [3.63, 3.8) is 0 Å². The summed E-state index contributed by atoms with van der Waals surface area (Å²) >= 11 is 0. The normalized spacial score (nSPS) is 16.0. The lowest BCUT2D eigenvalue weighted by Gasteiger charge is -2.15. The molecule has 20 heavy (non-hydrogen) atoms. The fourth-order valence-electron chi connectivity index (χ4n) is 2.70. The van der Waals surface area contributed by atoms with Gasteiger partial charge in [-0.15, -0.1) is 0 Å². The van der Waals surface area contributed by atoms with Crippen molar-refractivity contribution >= 4 is 22.5 Å². The number of benzene rings is 1. The number of aromatic amines is 1. The number of nitrogens with two attached hydrogens (primary N) is 1. The van der Waals surface area contributed by atoms with Gasteiger partial charge in [-0.25, -0.2) is 4.79 Å². The summed E-state index contributed by atoms with van der Waals surface area (Å²) in [6.07, 6.45) is 3.73. The lowest BCUT2D eigenvalue weighted by Crippen LogP contribution is -2.22. The molecule has 1 aromatic heterocycles. The van der Waals surface area contributed by atoms with E-state index >= 15 is 0 Å². The Bertz CT molecular complexity index is 640. The van der Waals surface area contributed by atoms with Crippen LogP contribution < -0.4 is 16.8 Å². The summed E-state index contributed by atoms with van der Waals surface area (Å²) in [5.74, 6) is -0.453. The van der Waals surface area contributed by atoms with Gasteiger partial charge in [-0.05, 0) is 45.0 Å². The summed E-state index contributed by atoms with van der Waals surface area (Å²) in [7, 11) is 0. The second-order valence-corrected chi connectivity index (χ2v) is 5.28. The topological polar surface area (TPSA) is 87.3 Å².